The largest absolute Gasteiger partial charge is 0.313 e. The van der Waals surface area contributed by atoms with E-state index in [2.05, 4.69) is 41.0 Å². The molecular weight excluding hydrogens is 238 g/mol. The Hall–Kier alpha value is -1.62. The smallest absolute Gasteiger partial charge is 0.0693 e. The van der Waals surface area contributed by atoms with Gasteiger partial charge in [-0.15, -0.1) is 0 Å². The molecule has 0 saturated heterocycles. The van der Waals surface area contributed by atoms with Crippen molar-refractivity contribution in [1.82, 2.24) is 24.9 Å². The summed E-state index contributed by atoms with van der Waals surface area (Å²) >= 11 is 0. The molecule has 104 valence electrons. The van der Waals surface area contributed by atoms with Crippen molar-refractivity contribution in [3.8, 4) is 0 Å². The molecule has 2 aromatic heterocycles. The fourth-order valence-corrected chi connectivity index (χ4v) is 2.26. The first-order valence-electron chi connectivity index (χ1n) is 6.83. The maximum atomic E-state index is 4.63. The Kier molecular flexibility index (Phi) is 4.37. The molecular formula is C14H23N5. The van der Waals surface area contributed by atoms with E-state index in [0.29, 0.717) is 0 Å². The molecule has 0 unspecified atom stereocenters. The van der Waals surface area contributed by atoms with Crippen LogP contribution in [0.15, 0.2) is 12.4 Å². The predicted molar refractivity (Wildman–Crippen MR) is 76.0 cm³/mol. The van der Waals surface area contributed by atoms with E-state index in [1.54, 1.807) is 0 Å². The third kappa shape index (κ3) is 3.23. The maximum absolute atomic E-state index is 4.63. The van der Waals surface area contributed by atoms with Crippen LogP contribution in [-0.2, 0) is 20.1 Å². The van der Waals surface area contributed by atoms with Crippen LogP contribution in [0.4, 0.5) is 0 Å². The molecule has 1 N–H and O–H groups in total. The minimum Gasteiger partial charge on any atom is -0.313 e. The predicted octanol–water partition coefficient (Wildman–Crippen LogP) is 1.78. The highest BCUT2D eigenvalue weighted by Gasteiger charge is 2.11. The normalized spacial score (nSPS) is 11.2. The number of rotatable bonds is 6. The molecule has 0 spiro atoms. The Labute approximate surface area is 114 Å². The zero-order valence-electron chi connectivity index (χ0n) is 12.3. The Morgan fingerprint density at radius 1 is 1.32 bits per heavy atom. The molecule has 0 aliphatic heterocycles. The molecule has 0 amide bonds. The van der Waals surface area contributed by atoms with E-state index in [-0.39, 0.29) is 0 Å². The average Bonchev–Trinajstić information content (AvgIpc) is 2.88. The van der Waals surface area contributed by atoms with Crippen molar-refractivity contribution in [3.63, 3.8) is 0 Å². The molecule has 0 fully saturated rings. The van der Waals surface area contributed by atoms with E-state index >= 15 is 0 Å². The van der Waals surface area contributed by atoms with Crippen LogP contribution in [-0.4, -0.2) is 26.1 Å². The highest BCUT2D eigenvalue weighted by Crippen LogP contribution is 2.14. The summed E-state index contributed by atoms with van der Waals surface area (Å²) in [6, 6.07) is 0. The molecule has 2 heterocycles. The summed E-state index contributed by atoms with van der Waals surface area (Å²) in [5, 5.41) is 12.3. The van der Waals surface area contributed by atoms with Crippen LogP contribution in [0.1, 0.15) is 35.9 Å². The summed E-state index contributed by atoms with van der Waals surface area (Å²) in [4.78, 5) is 0. The number of hydrogen-bond donors (Lipinski definition) is 1. The first kappa shape index (κ1) is 13.8. The van der Waals surface area contributed by atoms with Gasteiger partial charge in [0.05, 0.1) is 18.4 Å². The van der Waals surface area contributed by atoms with Gasteiger partial charge in [-0.1, -0.05) is 6.92 Å². The molecule has 0 aliphatic rings. The summed E-state index contributed by atoms with van der Waals surface area (Å²) in [5.74, 6) is 0. The van der Waals surface area contributed by atoms with Crippen molar-refractivity contribution < 1.29 is 0 Å². The van der Waals surface area contributed by atoms with E-state index in [4.69, 9.17) is 0 Å². The van der Waals surface area contributed by atoms with Gasteiger partial charge in [-0.2, -0.15) is 10.2 Å². The topological polar surface area (TPSA) is 47.7 Å². The lowest BCUT2D eigenvalue weighted by molar-refractivity contribution is 0.649. The van der Waals surface area contributed by atoms with Crippen molar-refractivity contribution in [2.24, 2.45) is 7.05 Å². The van der Waals surface area contributed by atoms with Gasteiger partial charge < -0.3 is 5.32 Å². The lowest BCUT2D eigenvalue weighted by Gasteiger charge is -2.05. The van der Waals surface area contributed by atoms with Crippen LogP contribution in [0.25, 0.3) is 0 Å². The minimum atomic E-state index is 0.786. The van der Waals surface area contributed by atoms with Gasteiger partial charge in [0.15, 0.2) is 0 Å². The van der Waals surface area contributed by atoms with Gasteiger partial charge in [-0.05, 0) is 26.8 Å². The van der Waals surface area contributed by atoms with Gasteiger partial charge in [0, 0.05) is 36.6 Å². The van der Waals surface area contributed by atoms with Gasteiger partial charge >= 0.3 is 0 Å². The monoisotopic (exact) mass is 261 g/mol. The number of nitrogens with one attached hydrogen (secondary N) is 1. The molecule has 5 nitrogen and oxygen atoms in total. The van der Waals surface area contributed by atoms with Gasteiger partial charge in [-0.25, -0.2) is 0 Å². The van der Waals surface area contributed by atoms with E-state index in [1.807, 2.05) is 24.1 Å². The second-order valence-electron chi connectivity index (χ2n) is 5.01. The first-order chi connectivity index (χ1) is 9.11. The van der Waals surface area contributed by atoms with Crippen molar-refractivity contribution in [2.75, 3.05) is 6.54 Å². The fraction of sp³-hybridized carbons (Fsp3) is 0.571. The molecule has 2 rings (SSSR count). The second kappa shape index (κ2) is 6.02. The summed E-state index contributed by atoms with van der Waals surface area (Å²) < 4.78 is 3.89. The summed E-state index contributed by atoms with van der Waals surface area (Å²) in [5.41, 5.74) is 4.86. The van der Waals surface area contributed by atoms with Crippen LogP contribution in [0.5, 0.6) is 0 Å². The fourth-order valence-electron chi connectivity index (χ4n) is 2.26. The van der Waals surface area contributed by atoms with E-state index in [0.717, 1.165) is 31.7 Å². The molecule has 0 saturated carbocycles. The third-order valence-electron chi connectivity index (χ3n) is 3.35. The van der Waals surface area contributed by atoms with Crippen molar-refractivity contribution in [3.05, 3.63) is 34.9 Å². The van der Waals surface area contributed by atoms with Gasteiger partial charge in [-0.3, -0.25) is 9.36 Å². The summed E-state index contributed by atoms with van der Waals surface area (Å²) in [7, 11) is 1.94. The molecule has 0 aromatic carbocycles. The lowest BCUT2D eigenvalue weighted by Crippen LogP contribution is -2.15. The maximum Gasteiger partial charge on any atom is 0.0693 e. The quantitative estimate of drug-likeness (QED) is 0.806. The van der Waals surface area contributed by atoms with Gasteiger partial charge in [0.2, 0.25) is 0 Å². The Bertz CT molecular complexity index is 538. The summed E-state index contributed by atoms with van der Waals surface area (Å²) in [6.45, 7) is 9.13. The molecule has 2 aromatic rings. The van der Waals surface area contributed by atoms with Crippen molar-refractivity contribution in [1.29, 1.82) is 0 Å². The van der Waals surface area contributed by atoms with Crippen molar-refractivity contribution >= 4 is 0 Å². The number of hydrogen-bond acceptors (Lipinski definition) is 3. The van der Waals surface area contributed by atoms with Crippen molar-refractivity contribution in [2.45, 2.75) is 40.3 Å². The zero-order valence-corrected chi connectivity index (χ0v) is 12.3. The highest BCUT2D eigenvalue weighted by atomic mass is 15.3. The molecule has 0 radical (unpaired) electrons. The van der Waals surface area contributed by atoms with Gasteiger partial charge in [0.1, 0.15) is 0 Å². The number of aromatic nitrogens is 4. The van der Waals surface area contributed by atoms with E-state index in [1.165, 1.54) is 16.8 Å². The zero-order chi connectivity index (χ0) is 13.8. The third-order valence-corrected chi connectivity index (χ3v) is 3.35. The molecule has 0 atom stereocenters. The molecule has 0 aliphatic carbocycles. The standard InChI is InChI=1S/C14H23N5/c1-5-6-15-8-14-11(2)17-19(12(14)3)10-13-7-16-18(4)9-13/h7,9,15H,5-6,8,10H2,1-4H3. The Morgan fingerprint density at radius 2 is 2.11 bits per heavy atom. The van der Waals surface area contributed by atoms with Crippen LogP contribution in [0.3, 0.4) is 0 Å². The first-order valence-corrected chi connectivity index (χ1v) is 6.83. The van der Waals surface area contributed by atoms with E-state index in [9.17, 15) is 0 Å². The Morgan fingerprint density at radius 3 is 2.74 bits per heavy atom. The Balaban J connectivity index is 2.11. The van der Waals surface area contributed by atoms with Crippen LogP contribution in [0, 0.1) is 13.8 Å². The number of aryl methyl sites for hydroxylation is 2. The summed E-state index contributed by atoms with van der Waals surface area (Å²) in [6.07, 6.45) is 5.08. The minimum absolute atomic E-state index is 0.786. The number of nitrogens with zero attached hydrogens (tertiary/aromatic N) is 4. The van der Waals surface area contributed by atoms with Crippen LogP contribution in [0.2, 0.25) is 0 Å². The average molecular weight is 261 g/mol. The lowest BCUT2D eigenvalue weighted by atomic mass is 10.2. The van der Waals surface area contributed by atoms with Crippen LogP contribution >= 0.6 is 0 Å². The van der Waals surface area contributed by atoms with E-state index < -0.39 is 0 Å². The second-order valence-corrected chi connectivity index (χ2v) is 5.01. The SMILES string of the molecule is CCCNCc1c(C)nn(Cc2cnn(C)c2)c1C. The highest BCUT2D eigenvalue weighted by molar-refractivity contribution is 5.25. The van der Waals surface area contributed by atoms with Crippen LogP contribution < -0.4 is 5.32 Å². The molecule has 5 heteroatoms. The molecule has 0 bridgehead atoms. The molecule has 19 heavy (non-hydrogen) atoms. The van der Waals surface area contributed by atoms with Gasteiger partial charge in [0.25, 0.3) is 0 Å².